The monoisotopic (exact) mass is 197 g/mol. The fraction of sp³-hybridized carbons (Fsp3) is 0.300. The van der Waals surface area contributed by atoms with Crippen LogP contribution >= 0.6 is 11.6 Å². The lowest BCUT2D eigenvalue weighted by molar-refractivity contribution is 0.102. The minimum absolute atomic E-state index is 0.0367. The molecule has 1 aromatic carbocycles. The summed E-state index contributed by atoms with van der Waals surface area (Å²) in [7, 11) is 3.87. The maximum Gasteiger partial charge on any atom is 0.177 e. The molecule has 2 nitrogen and oxygen atoms in total. The molecule has 3 heteroatoms. The molecule has 0 spiro atoms. The van der Waals surface area contributed by atoms with Crippen LogP contribution in [-0.4, -0.2) is 25.8 Å². The van der Waals surface area contributed by atoms with Crippen LogP contribution in [0.2, 0.25) is 0 Å². The fourth-order valence-corrected chi connectivity index (χ4v) is 1.19. The first-order chi connectivity index (χ1) is 6.15. The number of hydrogen-bond donors (Lipinski definition) is 0. The van der Waals surface area contributed by atoms with Gasteiger partial charge < -0.3 is 4.90 Å². The number of halogens is 1. The van der Waals surface area contributed by atoms with Crippen molar-refractivity contribution in [2.75, 3.05) is 24.9 Å². The van der Waals surface area contributed by atoms with Crippen LogP contribution < -0.4 is 4.90 Å². The Morgan fingerprint density at radius 2 is 2.15 bits per heavy atom. The zero-order chi connectivity index (χ0) is 9.84. The lowest BCUT2D eigenvalue weighted by Gasteiger charge is -2.12. The molecule has 0 unspecified atom stereocenters. The van der Waals surface area contributed by atoms with Crippen molar-refractivity contribution in [3.63, 3.8) is 0 Å². The molecule has 0 amide bonds. The lowest BCUT2D eigenvalue weighted by Crippen LogP contribution is -2.10. The Labute approximate surface area is 83.1 Å². The topological polar surface area (TPSA) is 20.3 Å². The van der Waals surface area contributed by atoms with Crippen LogP contribution in [0.5, 0.6) is 0 Å². The molecule has 0 saturated carbocycles. The Bertz CT molecular complexity index is 310. The minimum atomic E-state index is -0.0367. The van der Waals surface area contributed by atoms with E-state index in [2.05, 4.69) is 0 Å². The van der Waals surface area contributed by atoms with Crippen LogP contribution in [0.1, 0.15) is 10.4 Å². The van der Waals surface area contributed by atoms with E-state index in [1.807, 2.05) is 37.2 Å². The van der Waals surface area contributed by atoms with Gasteiger partial charge in [-0.25, -0.2) is 0 Å². The lowest BCUT2D eigenvalue weighted by atomic mass is 10.1. The number of hydrogen-bond acceptors (Lipinski definition) is 2. The van der Waals surface area contributed by atoms with E-state index in [4.69, 9.17) is 11.6 Å². The van der Waals surface area contributed by atoms with E-state index >= 15 is 0 Å². The molecule has 0 radical (unpaired) electrons. The van der Waals surface area contributed by atoms with Gasteiger partial charge in [0.15, 0.2) is 5.78 Å². The van der Waals surface area contributed by atoms with Crippen molar-refractivity contribution in [3.8, 4) is 0 Å². The highest BCUT2D eigenvalue weighted by Gasteiger charge is 2.04. The molecular formula is C10H12ClNO. The van der Waals surface area contributed by atoms with Crippen LogP contribution in [0.15, 0.2) is 24.3 Å². The fourth-order valence-electron chi connectivity index (χ4n) is 1.03. The molecular weight excluding hydrogens is 186 g/mol. The number of anilines is 1. The predicted molar refractivity (Wildman–Crippen MR) is 55.8 cm³/mol. The Balaban J connectivity index is 2.98. The van der Waals surface area contributed by atoms with Gasteiger partial charge in [-0.1, -0.05) is 12.1 Å². The summed E-state index contributed by atoms with van der Waals surface area (Å²) >= 11 is 5.46. The van der Waals surface area contributed by atoms with Crippen molar-refractivity contribution in [1.29, 1.82) is 0 Å². The van der Waals surface area contributed by atoms with Gasteiger partial charge in [0.1, 0.15) is 0 Å². The number of rotatable bonds is 3. The van der Waals surface area contributed by atoms with Crippen LogP contribution in [0.3, 0.4) is 0 Å². The van der Waals surface area contributed by atoms with Crippen LogP contribution in [0, 0.1) is 0 Å². The van der Waals surface area contributed by atoms with Crippen molar-refractivity contribution in [1.82, 2.24) is 0 Å². The average molecular weight is 198 g/mol. The first-order valence-corrected chi connectivity index (χ1v) is 4.55. The summed E-state index contributed by atoms with van der Waals surface area (Å²) in [5.41, 5.74) is 1.68. The third-order valence-electron chi connectivity index (χ3n) is 1.81. The van der Waals surface area contributed by atoms with E-state index in [1.165, 1.54) is 0 Å². The quantitative estimate of drug-likeness (QED) is 0.547. The molecule has 0 aliphatic heterocycles. The summed E-state index contributed by atoms with van der Waals surface area (Å²) in [6, 6.07) is 7.42. The molecule has 0 bridgehead atoms. The van der Waals surface area contributed by atoms with Gasteiger partial charge in [-0.05, 0) is 12.1 Å². The zero-order valence-corrected chi connectivity index (χ0v) is 8.51. The summed E-state index contributed by atoms with van der Waals surface area (Å²) in [6.07, 6.45) is 0. The average Bonchev–Trinajstić information content (AvgIpc) is 2.17. The number of alkyl halides is 1. The van der Waals surface area contributed by atoms with E-state index in [-0.39, 0.29) is 11.7 Å². The second-order valence-electron chi connectivity index (χ2n) is 3.00. The first kappa shape index (κ1) is 10.1. The van der Waals surface area contributed by atoms with Gasteiger partial charge >= 0.3 is 0 Å². The van der Waals surface area contributed by atoms with Gasteiger partial charge in [0.2, 0.25) is 0 Å². The highest BCUT2D eigenvalue weighted by molar-refractivity contribution is 6.30. The predicted octanol–water partition coefficient (Wildman–Crippen LogP) is 2.17. The molecule has 13 heavy (non-hydrogen) atoms. The SMILES string of the molecule is CN(C)c1cccc(C(=O)CCl)c1. The molecule has 1 aromatic rings. The third kappa shape index (κ3) is 2.46. The van der Waals surface area contributed by atoms with Crippen molar-refractivity contribution < 1.29 is 4.79 Å². The maximum absolute atomic E-state index is 11.2. The van der Waals surface area contributed by atoms with Crippen molar-refractivity contribution in [2.45, 2.75) is 0 Å². The van der Waals surface area contributed by atoms with Crippen LogP contribution in [-0.2, 0) is 0 Å². The van der Waals surface area contributed by atoms with Gasteiger partial charge in [-0.15, -0.1) is 11.6 Å². The third-order valence-corrected chi connectivity index (χ3v) is 2.05. The van der Waals surface area contributed by atoms with Gasteiger partial charge in [0.05, 0.1) is 5.88 Å². The highest BCUT2D eigenvalue weighted by Crippen LogP contribution is 2.13. The largest absolute Gasteiger partial charge is 0.378 e. The van der Waals surface area contributed by atoms with Crippen molar-refractivity contribution in [2.24, 2.45) is 0 Å². The molecule has 0 aliphatic carbocycles. The number of carbonyl (C=O) groups excluding carboxylic acids is 1. The van der Waals surface area contributed by atoms with Crippen LogP contribution in [0.25, 0.3) is 0 Å². The van der Waals surface area contributed by atoms with Crippen molar-refractivity contribution >= 4 is 23.1 Å². The molecule has 0 atom stereocenters. The second-order valence-corrected chi connectivity index (χ2v) is 3.27. The van der Waals surface area contributed by atoms with E-state index in [0.29, 0.717) is 5.56 Å². The van der Waals surface area contributed by atoms with Crippen LogP contribution in [0.4, 0.5) is 5.69 Å². The molecule has 0 N–H and O–H groups in total. The molecule has 0 saturated heterocycles. The minimum Gasteiger partial charge on any atom is -0.378 e. The normalized spacial score (nSPS) is 9.77. The van der Waals surface area contributed by atoms with E-state index in [9.17, 15) is 4.79 Å². The molecule has 0 heterocycles. The summed E-state index contributed by atoms with van der Waals surface area (Å²) in [5.74, 6) is 0.00188. The number of benzene rings is 1. The molecule has 0 aromatic heterocycles. The van der Waals surface area contributed by atoms with E-state index in [1.54, 1.807) is 6.07 Å². The standard InChI is InChI=1S/C10H12ClNO/c1-12(2)9-5-3-4-8(6-9)10(13)7-11/h3-6H,7H2,1-2H3. The Hall–Kier alpha value is -1.02. The number of carbonyl (C=O) groups is 1. The molecule has 0 fully saturated rings. The van der Waals surface area contributed by atoms with E-state index in [0.717, 1.165) is 5.69 Å². The van der Waals surface area contributed by atoms with E-state index < -0.39 is 0 Å². The smallest absolute Gasteiger partial charge is 0.177 e. The number of nitrogens with zero attached hydrogens (tertiary/aromatic N) is 1. The maximum atomic E-state index is 11.2. The molecule has 0 aliphatic rings. The summed E-state index contributed by atoms with van der Waals surface area (Å²) in [4.78, 5) is 13.2. The van der Waals surface area contributed by atoms with Gasteiger partial charge in [0, 0.05) is 25.3 Å². The Morgan fingerprint density at radius 3 is 2.69 bits per heavy atom. The first-order valence-electron chi connectivity index (χ1n) is 4.01. The van der Waals surface area contributed by atoms with Crippen molar-refractivity contribution in [3.05, 3.63) is 29.8 Å². The second kappa shape index (κ2) is 4.28. The highest BCUT2D eigenvalue weighted by atomic mass is 35.5. The van der Waals surface area contributed by atoms with Gasteiger partial charge in [0.25, 0.3) is 0 Å². The summed E-state index contributed by atoms with van der Waals surface area (Å²) < 4.78 is 0. The summed E-state index contributed by atoms with van der Waals surface area (Å²) in [5, 5.41) is 0. The number of ketones is 1. The summed E-state index contributed by atoms with van der Waals surface area (Å²) in [6.45, 7) is 0. The Morgan fingerprint density at radius 1 is 1.46 bits per heavy atom. The molecule has 1 rings (SSSR count). The zero-order valence-electron chi connectivity index (χ0n) is 7.75. The Kier molecular flexibility index (Phi) is 3.32. The number of Topliss-reactive ketones (excluding diaryl/α,β-unsaturated/α-hetero) is 1. The van der Waals surface area contributed by atoms with Gasteiger partial charge in [-0.2, -0.15) is 0 Å². The van der Waals surface area contributed by atoms with Gasteiger partial charge in [-0.3, -0.25) is 4.79 Å². The molecule has 70 valence electrons.